The van der Waals surface area contributed by atoms with Gasteiger partial charge in [0.1, 0.15) is 29.5 Å². The molecule has 2 aromatic rings. The Morgan fingerprint density at radius 3 is 2.51 bits per heavy atom. The van der Waals surface area contributed by atoms with Crippen molar-refractivity contribution in [1.82, 2.24) is 15.1 Å². The van der Waals surface area contributed by atoms with E-state index in [1.165, 1.54) is 11.0 Å². The molecule has 9 nitrogen and oxygen atoms in total. The van der Waals surface area contributed by atoms with Crippen LogP contribution in [0.15, 0.2) is 53.7 Å². The number of halogens is 4. The number of nitriles is 1. The zero-order chi connectivity index (χ0) is 32.3. The molecule has 3 amide bonds. The molecule has 0 spiro atoms. The van der Waals surface area contributed by atoms with Crippen LogP contribution in [0, 0.1) is 29.9 Å². The van der Waals surface area contributed by atoms with Crippen molar-refractivity contribution in [2.45, 2.75) is 75.3 Å². The predicted octanol–water partition coefficient (Wildman–Crippen LogP) is 4.06. The summed E-state index contributed by atoms with van der Waals surface area (Å²) >= 11 is 0. The molecule has 13 heteroatoms. The van der Waals surface area contributed by atoms with Crippen LogP contribution in [-0.2, 0) is 26.3 Å². The number of alkyl halides is 2. The predicted molar refractivity (Wildman–Crippen MR) is 155 cm³/mol. The van der Waals surface area contributed by atoms with Gasteiger partial charge in [0.05, 0.1) is 5.69 Å². The average Bonchev–Trinajstić information content (AvgIpc) is 3.54. The molecule has 1 N–H and O–H groups in total. The number of nitrogens with zero attached hydrogens (tertiary/aromatic N) is 5. The number of fused-ring (bicyclic) bond motifs is 1. The number of aryl methyl sites for hydroxylation is 2. The molecule has 2 aliphatic carbocycles. The highest BCUT2D eigenvalue weighted by molar-refractivity contribution is 6.09. The normalized spacial score (nSPS) is 25.4. The minimum absolute atomic E-state index is 0.00449. The molecule has 1 saturated heterocycles. The van der Waals surface area contributed by atoms with Gasteiger partial charge in [-0.05, 0) is 61.1 Å². The van der Waals surface area contributed by atoms with Crippen LogP contribution in [0.1, 0.15) is 48.8 Å². The van der Waals surface area contributed by atoms with Crippen LogP contribution in [-0.4, -0.2) is 64.6 Å². The number of carbonyl (C=O) groups excluding carboxylic acids is 3. The van der Waals surface area contributed by atoms with Gasteiger partial charge in [0.15, 0.2) is 5.54 Å². The maximum absolute atomic E-state index is 15.0. The van der Waals surface area contributed by atoms with Gasteiger partial charge < -0.3 is 10.2 Å². The van der Waals surface area contributed by atoms with Crippen molar-refractivity contribution >= 4 is 29.1 Å². The van der Waals surface area contributed by atoms with Crippen LogP contribution in [0.2, 0.25) is 0 Å². The summed E-state index contributed by atoms with van der Waals surface area (Å²) in [5.41, 5.74) is -0.349. The number of hydrogen-bond acceptors (Lipinski definition) is 6. The van der Waals surface area contributed by atoms with Crippen molar-refractivity contribution in [3.05, 3.63) is 77.0 Å². The molecule has 0 radical (unpaired) electrons. The first kappa shape index (κ1) is 30.3. The number of nitrogens with one attached hydrogen (secondary N) is 1. The summed E-state index contributed by atoms with van der Waals surface area (Å²) in [7, 11) is 1.62. The Kier molecular flexibility index (Phi) is 7.42. The van der Waals surface area contributed by atoms with Crippen LogP contribution in [0.3, 0.4) is 0 Å². The van der Waals surface area contributed by atoms with Crippen LogP contribution in [0.4, 0.5) is 23.2 Å². The first-order valence-corrected chi connectivity index (χ1v) is 14.6. The number of anilines is 1. The molecule has 6 rings (SSSR count). The number of likely N-dealkylation sites (tertiary alicyclic amines) is 1. The van der Waals surface area contributed by atoms with Gasteiger partial charge in [-0.1, -0.05) is 18.2 Å². The highest BCUT2D eigenvalue weighted by Crippen LogP contribution is 2.48. The average molecular weight is 623 g/mol. The molecule has 3 atom stereocenters. The van der Waals surface area contributed by atoms with Gasteiger partial charge in [-0.2, -0.15) is 5.26 Å². The fourth-order valence-corrected chi connectivity index (χ4v) is 7.03. The SMILES string of the molecule is Cc1cccc2c1[C@@](C(=O)NC1CC(F)(F)C1)(N(C(=O)[C@@H]1CCC(=O)N1C1N=C(C#N)C=CN1C)c1cc(F)cc(F)c1)CC2. The van der Waals surface area contributed by atoms with E-state index in [-0.39, 0.29) is 30.7 Å². The zero-order valence-corrected chi connectivity index (χ0v) is 24.6. The summed E-state index contributed by atoms with van der Waals surface area (Å²) in [5.74, 6) is -6.94. The van der Waals surface area contributed by atoms with Crippen molar-refractivity contribution < 1.29 is 31.9 Å². The summed E-state index contributed by atoms with van der Waals surface area (Å²) in [6, 6.07) is 7.65. The maximum Gasteiger partial charge on any atom is 0.252 e. The molecule has 45 heavy (non-hydrogen) atoms. The first-order chi connectivity index (χ1) is 21.3. The third kappa shape index (κ3) is 5.11. The summed E-state index contributed by atoms with van der Waals surface area (Å²) in [6.07, 6.45) is 1.03. The Hall–Kier alpha value is -4.73. The second-order valence-electron chi connectivity index (χ2n) is 12.0. The minimum atomic E-state index is -2.94. The van der Waals surface area contributed by atoms with Gasteiger partial charge in [0.25, 0.3) is 17.7 Å². The second kappa shape index (κ2) is 11.0. The maximum atomic E-state index is 15.0. The smallest absolute Gasteiger partial charge is 0.252 e. The van der Waals surface area contributed by atoms with E-state index in [4.69, 9.17) is 0 Å². The number of aliphatic imine (C=N–C) groups is 1. The Bertz CT molecular complexity index is 1680. The van der Waals surface area contributed by atoms with Crippen LogP contribution in [0.5, 0.6) is 0 Å². The van der Waals surface area contributed by atoms with Gasteiger partial charge in [-0.15, -0.1) is 0 Å². The number of allylic oxidation sites excluding steroid dienone is 1. The van der Waals surface area contributed by atoms with Gasteiger partial charge in [-0.25, -0.2) is 22.6 Å². The van der Waals surface area contributed by atoms with E-state index in [9.17, 15) is 37.2 Å². The number of benzene rings is 2. The molecular weight excluding hydrogens is 592 g/mol. The number of rotatable bonds is 6. The molecule has 2 fully saturated rings. The Balaban J connectivity index is 1.52. The fourth-order valence-electron chi connectivity index (χ4n) is 7.03. The zero-order valence-electron chi connectivity index (χ0n) is 24.6. The lowest BCUT2D eigenvalue weighted by atomic mass is 9.82. The van der Waals surface area contributed by atoms with Gasteiger partial charge in [-0.3, -0.25) is 24.2 Å². The highest BCUT2D eigenvalue weighted by Gasteiger charge is 2.58. The first-order valence-electron chi connectivity index (χ1n) is 14.6. The van der Waals surface area contributed by atoms with E-state index < -0.39 is 72.0 Å². The third-order valence-electron chi connectivity index (χ3n) is 9.03. The fraction of sp³-hybridized carbons (Fsp3) is 0.406. The van der Waals surface area contributed by atoms with E-state index in [0.29, 0.717) is 23.6 Å². The molecule has 1 saturated carbocycles. The quantitative estimate of drug-likeness (QED) is 0.489. The Labute approximate surface area is 256 Å². The number of amides is 3. The van der Waals surface area contributed by atoms with Crippen LogP contribution >= 0.6 is 0 Å². The van der Waals surface area contributed by atoms with E-state index in [0.717, 1.165) is 22.6 Å². The second-order valence-corrected chi connectivity index (χ2v) is 12.0. The third-order valence-corrected chi connectivity index (χ3v) is 9.03. The van der Waals surface area contributed by atoms with Crippen molar-refractivity contribution in [3.63, 3.8) is 0 Å². The van der Waals surface area contributed by atoms with Crippen LogP contribution < -0.4 is 10.2 Å². The Morgan fingerprint density at radius 2 is 1.84 bits per heavy atom. The van der Waals surface area contributed by atoms with E-state index >= 15 is 0 Å². The van der Waals surface area contributed by atoms with Gasteiger partial charge in [0, 0.05) is 44.6 Å². The summed E-state index contributed by atoms with van der Waals surface area (Å²) in [5, 5.41) is 12.2. The minimum Gasteiger partial charge on any atom is -0.351 e. The molecule has 4 aliphatic rings. The number of hydrogen-bond donors (Lipinski definition) is 1. The standard InChI is InChI=1S/C32H30F4N6O3/c1-18-4-3-5-19-8-10-32(27(18)19,29(45)38-23-15-31(35,36)16-23)42(24-13-20(33)12-21(34)14-24)28(44)25-6-7-26(43)41(25)30-39-22(17-37)9-11-40(30)2/h3-5,9,11-14,23,25,30H,6-8,10,15-16H2,1-2H3,(H,38,45)/t25-,30?,32-/m0/s1. The van der Waals surface area contributed by atoms with Gasteiger partial charge >= 0.3 is 0 Å². The molecule has 2 heterocycles. The van der Waals surface area contributed by atoms with Crippen molar-refractivity contribution in [1.29, 1.82) is 5.26 Å². The Morgan fingerprint density at radius 1 is 1.13 bits per heavy atom. The lowest BCUT2D eigenvalue weighted by Gasteiger charge is -2.46. The molecule has 234 valence electrons. The van der Waals surface area contributed by atoms with Crippen molar-refractivity contribution in [2.24, 2.45) is 4.99 Å². The van der Waals surface area contributed by atoms with Crippen molar-refractivity contribution in [3.8, 4) is 6.07 Å². The summed E-state index contributed by atoms with van der Waals surface area (Å²) < 4.78 is 57.3. The van der Waals surface area contributed by atoms with Crippen LogP contribution in [0.25, 0.3) is 0 Å². The molecule has 2 aliphatic heterocycles. The highest BCUT2D eigenvalue weighted by atomic mass is 19.3. The molecule has 1 unspecified atom stereocenters. The van der Waals surface area contributed by atoms with E-state index in [1.807, 2.05) is 6.07 Å². The lowest BCUT2D eigenvalue weighted by Crippen LogP contribution is -2.65. The summed E-state index contributed by atoms with van der Waals surface area (Å²) in [6.45, 7) is 1.74. The largest absolute Gasteiger partial charge is 0.351 e. The van der Waals surface area contributed by atoms with Gasteiger partial charge in [0.2, 0.25) is 12.2 Å². The monoisotopic (exact) mass is 622 g/mol. The van der Waals surface area contributed by atoms with Crippen molar-refractivity contribution in [2.75, 3.05) is 11.9 Å². The number of carbonyl (C=O) groups is 3. The lowest BCUT2D eigenvalue weighted by molar-refractivity contribution is -0.141. The molecule has 0 bridgehead atoms. The molecule has 0 aromatic heterocycles. The van der Waals surface area contributed by atoms with E-state index in [2.05, 4.69) is 10.3 Å². The summed E-state index contributed by atoms with van der Waals surface area (Å²) in [4.78, 5) is 50.9. The molecular formula is C32H30F4N6O3. The topological polar surface area (TPSA) is 109 Å². The molecule has 2 aromatic carbocycles. The van der Waals surface area contributed by atoms with E-state index in [1.54, 1.807) is 43.3 Å².